The highest BCUT2D eigenvalue weighted by molar-refractivity contribution is 7.99. The molecule has 1 N–H and O–H groups in total. The Balaban J connectivity index is 1.74. The molecule has 0 saturated heterocycles. The number of thioether (sulfide) groups is 1. The van der Waals surface area contributed by atoms with Crippen LogP contribution in [0.15, 0.2) is 65.8 Å². The summed E-state index contributed by atoms with van der Waals surface area (Å²) < 4.78 is 2.35. The molecule has 0 aliphatic rings. The number of ketones is 1. The Bertz CT molecular complexity index is 983. The van der Waals surface area contributed by atoms with Gasteiger partial charge in [0, 0.05) is 34.6 Å². The Morgan fingerprint density at radius 3 is 2.52 bits per heavy atom. The standard InChI is InChI=1S/C20H19N3O3S/c1-14-12-17(18(24)13-27-19-10-6-7-11-22(19)26)15(2)23(14)21-20(25)16-8-4-3-5-9-16/h3-12H,13H2,1-2H3,(H,21,25). The molecule has 0 spiro atoms. The van der Waals surface area contributed by atoms with Crippen LogP contribution in [0, 0.1) is 19.1 Å². The number of Topliss-reactive ketones (excluding diaryl/α,β-unsaturated/α-hetero) is 1. The van der Waals surface area contributed by atoms with Gasteiger partial charge in [-0.15, -0.1) is 0 Å². The van der Waals surface area contributed by atoms with E-state index in [-0.39, 0.29) is 17.4 Å². The predicted octanol–water partition coefficient (Wildman–Crippen LogP) is 3.10. The van der Waals surface area contributed by atoms with Crippen LogP contribution < -0.4 is 10.2 Å². The molecule has 3 rings (SSSR count). The summed E-state index contributed by atoms with van der Waals surface area (Å²) in [6.07, 6.45) is 1.40. The number of hydrogen-bond acceptors (Lipinski definition) is 4. The molecule has 138 valence electrons. The van der Waals surface area contributed by atoms with Crippen LogP contribution in [-0.4, -0.2) is 22.1 Å². The van der Waals surface area contributed by atoms with E-state index in [0.29, 0.717) is 21.8 Å². The highest BCUT2D eigenvalue weighted by Gasteiger charge is 2.19. The molecule has 6 nitrogen and oxygen atoms in total. The molecule has 0 fully saturated rings. The fourth-order valence-electron chi connectivity index (χ4n) is 2.71. The summed E-state index contributed by atoms with van der Waals surface area (Å²) >= 11 is 1.19. The number of nitrogens with one attached hydrogen (secondary N) is 1. The zero-order chi connectivity index (χ0) is 19.4. The Morgan fingerprint density at radius 1 is 1.11 bits per heavy atom. The number of hydrogen-bond donors (Lipinski definition) is 1. The molecular formula is C20H19N3O3S. The van der Waals surface area contributed by atoms with Gasteiger partial charge in [0.15, 0.2) is 12.0 Å². The Labute approximate surface area is 161 Å². The summed E-state index contributed by atoms with van der Waals surface area (Å²) in [6, 6.07) is 15.7. The molecule has 0 atom stereocenters. The molecule has 7 heteroatoms. The highest BCUT2D eigenvalue weighted by atomic mass is 32.2. The molecule has 0 bridgehead atoms. The van der Waals surface area contributed by atoms with Crippen molar-refractivity contribution < 1.29 is 14.3 Å². The van der Waals surface area contributed by atoms with E-state index in [1.165, 1.54) is 18.0 Å². The zero-order valence-corrected chi connectivity index (χ0v) is 15.8. The normalized spacial score (nSPS) is 10.6. The van der Waals surface area contributed by atoms with Gasteiger partial charge in [-0.2, -0.15) is 4.73 Å². The predicted molar refractivity (Wildman–Crippen MR) is 104 cm³/mol. The summed E-state index contributed by atoms with van der Waals surface area (Å²) in [7, 11) is 0. The second-order valence-electron chi connectivity index (χ2n) is 6.00. The second kappa shape index (κ2) is 8.09. The van der Waals surface area contributed by atoms with Crippen molar-refractivity contribution in [3.05, 3.63) is 88.5 Å². The number of nitrogens with zero attached hydrogens (tertiary/aromatic N) is 2. The van der Waals surface area contributed by atoms with E-state index in [4.69, 9.17) is 0 Å². The van der Waals surface area contributed by atoms with Crippen LogP contribution in [0.5, 0.6) is 0 Å². The first kappa shape index (κ1) is 18.7. The first-order valence-corrected chi connectivity index (χ1v) is 9.35. The van der Waals surface area contributed by atoms with E-state index < -0.39 is 0 Å². The van der Waals surface area contributed by atoms with Crippen molar-refractivity contribution in [3.63, 3.8) is 0 Å². The zero-order valence-electron chi connectivity index (χ0n) is 15.0. The van der Waals surface area contributed by atoms with E-state index in [9.17, 15) is 14.8 Å². The number of carbonyl (C=O) groups excluding carboxylic acids is 2. The van der Waals surface area contributed by atoms with Gasteiger partial charge in [-0.05, 0) is 49.9 Å². The highest BCUT2D eigenvalue weighted by Crippen LogP contribution is 2.19. The maximum absolute atomic E-state index is 12.6. The Morgan fingerprint density at radius 2 is 1.81 bits per heavy atom. The number of aryl methyl sites for hydroxylation is 1. The fraction of sp³-hybridized carbons (Fsp3) is 0.150. The van der Waals surface area contributed by atoms with Gasteiger partial charge in [0.05, 0.1) is 5.75 Å². The third-order valence-corrected chi connectivity index (χ3v) is 5.14. The lowest BCUT2D eigenvalue weighted by Gasteiger charge is -2.11. The number of aromatic nitrogens is 2. The SMILES string of the molecule is Cc1cc(C(=O)CSc2cccc[n+]2[O-])c(C)n1NC(=O)c1ccccc1. The first-order chi connectivity index (χ1) is 13.0. The summed E-state index contributed by atoms with van der Waals surface area (Å²) in [5.41, 5.74) is 5.30. The van der Waals surface area contributed by atoms with E-state index in [1.807, 2.05) is 13.0 Å². The van der Waals surface area contributed by atoms with Crippen molar-refractivity contribution in [2.24, 2.45) is 0 Å². The molecule has 1 aromatic carbocycles. The minimum atomic E-state index is -0.248. The van der Waals surface area contributed by atoms with Crippen molar-refractivity contribution in [3.8, 4) is 0 Å². The molecule has 3 aromatic rings. The topological polar surface area (TPSA) is 78.0 Å². The van der Waals surface area contributed by atoms with Crippen LogP contribution in [0.3, 0.4) is 0 Å². The van der Waals surface area contributed by atoms with Crippen molar-refractivity contribution in [2.75, 3.05) is 11.2 Å². The van der Waals surface area contributed by atoms with Crippen LogP contribution >= 0.6 is 11.8 Å². The third-order valence-electron chi connectivity index (χ3n) is 4.12. The van der Waals surface area contributed by atoms with Crippen LogP contribution in [0.25, 0.3) is 0 Å². The van der Waals surface area contributed by atoms with E-state index >= 15 is 0 Å². The molecule has 0 aliphatic heterocycles. The van der Waals surface area contributed by atoms with Gasteiger partial charge in [-0.3, -0.25) is 19.7 Å². The van der Waals surface area contributed by atoms with Gasteiger partial charge in [-0.1, -0.05) is 18.2 Å². The molecule has 0 aliphatic carbocycles. The van der Waals surface area contributed by atoms with Gasteiger partial charge < -0.3 is 5.21 Å². The lowest BCUT2D eigenvalue weighted by molar-refractivity contribution is -0.645. The van der Waals surface area contributed by atoms with Crippen LogP contribution in [0.4, 0.5) is 0 Å². The van der Waals surface area contributed by atoms with E-state index in [2.05, 4.69) is 5.43 Å². The average molecular weight is 381 g/mol. The molecule has 2 heterocycles. The van der Waals surface area contributed by atoms with Gasteiger partial charge in [0.25, 0.3) is 10.9 Å². The lowest BCUT2D eigenvalue weighted by Crippen LogP contribution is -2.28. The van der Waals surface area contributed by atoms with Gasteiger partial charge in [0.1, 0.15) is 0 Å². The summed E-state index contributed by atoms with van der Waals surface area (Å²) in [5, 5.41) is 12.2. The average Bonchev–Trinajstić information content (AvgIpc) is 2.96. The Hall–Kier alpha value is -3.06. The maximum atomic E-state index is 12.6. The van der Waals surface area contributed by atoms with Crippen LogP contribution in [-0.2, 0) is 0 Å². The molecule has 1 amide bonds. The second-order valence-corrected chi connectivity index (χ2v) is 7.00. The van der Waals surface area contributed by atoms with Gasteiger partial charge in [0.2, 0.25) is 0 Å². The minimum Gasteiger partial charge on any atom is -0.618 e. The first-order valence-electron chi connectivity index (χ1n) is 8.37. The third kappa shape index (κ3) is 4.20. The number of carbonyl (C=O) groups is 2. The quantitative estimate of drug-likeness (QED) is 0.308. The monoisotopic (exact) mass is 381 g/mol. The summed E-state index contributed by atoms with van der Waals surface area (Å²) in [4.78, 5) is 25.0. The molecule has 0 unspecified atom stereocenters. The maximum Gasteiger partial charge on any atom is 0.270 e. The molecular weight excluding hydrogens is 362 g/mol. The fourth-order valence-corrected chi connectivity index (χ4v) is 3.51. The Kier molecular flexibility index (Phi) is 5.61. The molecule has 27 heavy (non-hydrogen) atoms. The van der Waals surface area contributed by atoms with Crippen LogP contribution in [0.1, 0.15) is 32.1 Å². The number of amides is 1. The van der Waals surface area contributed by atoms with Crippen LogP contribution in [0.2, 0.25) is 0 Å². The van der Waals surface area contributed by atoms with Crippen molar-refractivity contribution in [1.82, 2.24) is 4.68 Å². The minimum absolute atomic E-state index is 0.0998. The summed E-state index contributed by atoms with van der Waals surface area (Å²) in [6.45, 7) is 3.61. The smallest absolute Gasteiger partial charge is 0.270 e. The number of pyridine rings is 1. The van der Waals surface area contributed by atoms with Crippen molar-refractivity contribution >= 4 is 23.5 Å². The molecule has 0 radical (unpaired) electrons. The number of rotatable bonds is 6. The van der Waals surface area contributed by atoms with Crippen molar-refractivity contribution in [1.29, 1.82) is 0 Å². The largest absolute Gasteiger partial charge is 0.618 e. The van der Waals surface area contributed by atoms with E-state index in [1.54, 1.807) is 60.1 Å². The number of benzene rings is 1. The molecule has 2 aromatic heterocycles. The van der Waals surface area contributed by atoms with Gasteiger partial charge in [-0.25, -0.2) is 0 Å². The van der Waals surface area contributed by atoms with Gasteiger partial charge >= 0.3 is 0 Å². The van der Waals surface area contributed by atoms with Crippen molar-refractivity contribution in [2.45, 2.75) is 18.9 Å². The molecule has 0 saturated carbocycles. The summed E-state index contributed by atoms with van der Waals surface area (Å²) in [5.74, 6) is -0.206. The lowest BCUT2D eigenvalue weighted by atomic mass is 10.2. The van der Waals surface area contributed by atoms with E-state index in [0.717, 1.165) is 10.4 Å².